The molecule has 3 nitrogen and oxygen atoms in total. The van der Waals surface area contributed by atoms with Gasteiger partial charge in [0.1, 0.15) is 5.82 Å². The van der Waals surface area contributed by atoms with Crippen LogP contribution in [0, 0.1) is 0 Å². The first-order valence-corrected chi connectivity index (χ1v) is 6.67. The fourth-order valence-corrected chi connectivity index (χ4v) is 2.82. The summed E-state index contributed by atoms with van der Waals surface area (Å²) in [6.45, 7) is 0. The van der Waals surface area contributed by atoms with Crippen molar-refractivity contribution in [1.29, 1.82) is 0 Å². The van der Waals surface area contributed by atoms with Crippen LogP contribution >= 0.6 is 0 Å². The number of nitrogens with one attached hydrogen (secondary N) is 2. The van der Waals surface area contributed by atoms with Gasteiger partial charge in [0, 0.05) is 23.7 Å². The second-order valence-corrected chi connectivity index (χ2v) is 5.07. The number of fused-ring (bicyclic) bond motifs is 1. The molecule has 0 spiro atoms. The number of rotatable bonds is 2. The molecule has 1 aromatic rings. The molecule has 0 unspecified atom stereocenters. The van der Waals surface area contributed by atoms with E-state index in [4.69, 9.17) is 0 Å². The molecule has 0 aromatic heterocycles. The van der Waals surface area contributed by atoms with Crippen LogP contribution in [0.15, 0.2) is 42.2 Å². The highest BCUT2D eigenvalue weighted by molar-refractivity contribution is 6.04. The minimum absolute atomic E-state index is 0.0595. The van der Waals surface area contributed by atoms with Crippen molar-refractivity contribution in [2.75, 3.05) is 0 Å². The molecule has 0 radical (unpaired) electrons. The summed E-state index contributed by atoms with van der Waals surface area (Å²) in [5.41, 5.74) is 0.739. The summed E-state index contributed by atoms with van der Waals surface area (Å²) >= 11 is 0. The lowest BCUT2D eigenvalue weighted by atomic mass is 9.92. The molecule has 0 amide bonds. The van der Waals surface area contributed by atoms with Gasteiger partial charge < -0.3 is 10.6 Å². The molecule has 0 bridgehead atoms. The van der Waals surface area contributed by atoms with E-state index in [1.165, 1.54) is 25.7 Å². The van der Waals surface area contributed by atoms with Crippen LogP contribution in [0.25, 0.3) is 0 Å². The van der Waals surface area contributed by atoms with E-state index in [1.807, 2.05) is 30.3 Å². The molecule has 2 aliphatic rings. The zero-order valence-electron chi connectivity index (χ0n) is 10.4. The molecule has 1 heterocycles. The zero-order chi connectivity index (χ0) is 12.4. The van der Waals surface area contributed by atoms with E-state index < -0.39 is 0 Å². The highest BCUT2D eigenvalue weighted by atomic mass is 16.1. The molecule has 1 aliphatic heterocycles. The van der Waals surface area contributed by atoms with Crippen LogP contribution < -0.4 is 10.6 Å². The molecule has 1 aromatic carbocycles. The summed E-state index contributed by atoms with van der Waals surface area (Å²) in [6, 6.07) is 10.4. The number of carbonyl (C=O) groups excluding carboxylic acids is 1. The lowest BCUT2D eigenvalue weighted by Gasteiger charge is -2.23. The van der Waals surface area contributed by atoms with E-state index in [9.17, 15) is 4.79 Å². The average molecular weight is 242 g/mol. The summed E-state index contributed by atoms with van der Waals surface area (Å²) in [6.07, 6.45) is 6.67. The SMILES string of the molecule is O=C(C=C1N[C@@H]2CCCC[C@H]2N1)c1ccccc1. The second-order valence-electron chi connectivity index (χ2n) is 5.07. The Labute approximate surface area is 107 Å². The molecule has 1 aliphatic carbocycles. The van der Waals surface area contributed by atoms with Crippen LogP contribution in [-0.4, -0.2) is 17.9 Å². The topological polar surface area (TPSA) is 41.1 Å². The maximum Gasteiger partial charge on any atom is 0.189 e. The minimum Gasteiger partial charge on any atom is -0.367 e. The van der Waals surface area contributed by atoms with Crippen LogP contribution in [0.3, 0.4) is 0 Å². The first kappa shape index (κ1) is 11.3. The lowest BCUT2D eigenvalue weighted by Crippen LogP contribution is -2.36. The summed E-state index contributed by atoms with van der Waals surface area (Å²) < 4.78 is 0. The van der Waals surface area contributed by atoms with Crippen molar-refractivity contribution < 1.29 is 4.79 Å². The number of hydrogen-bond acceptors (Lipinski definition) is 3. The van der Waals surface area contributed by atoms with E-state index in [1.54, 1.807) is 6.08 Å². The average Bonchev–Trinajstić information content (AvgIpc) is 2.82. The van der Waals surface area contributed by atoms with E-state index in [0.717, 1.165) is 11.4 Å². The fraction of sp³-hybridized carbons (Fsp3) is 0.400. The number of hydrogen-bond donors (Lipinski definition) is 2. The van der Waals surface area contributed by atoms with Gasteiger partial charge in [-0.2, -0.15) is 0 Å². The summed E-state index contributed by atoms with van der Waals surface area (Å²) in [5.74, 6) is 0.949. The molecule has 3 rings (SSSR count). The Balaban J connectivity index is 1.72. The number of carbonyl (C=O) groups is 1. The highest BCUT2D eigenvalue weighted by Crippen LogP contribution is 2.23. The third-order valence-electron chi connectivity index (χ3n) is 3.78. The smallest absolute Gasteiger partial charge is 0.189 e. The maximum absolute atomic E-state index is 12.0. The Hall–Kier alpha value is -1.77. The molecule has 2 atom stereocenters. The van der Waals surface area contributed by atoms with E-state index in [-0.39, 0.29) is 5.78 Å². The van der Waals surface area contributed by atoms with Crippen LogP contribution in [-0.2, 0) is 0 Å². The van der Waals surface area contributed by atoms with Crippen LogP contribution in [0.5, 0.6) is 0 Å². The second kappa shape index (κ2) is 4.84. The van der Waals surface area contributed by atoms with Gasteiger partial charge in [0.15, 0.2) is 5.78 Å². The molecule has 18 heavy (non-hydrogen) atoms. The van der Waals surface area contributed by atoms with Gasteiger partial charge >= 0.3 is 0 Å². The first-order chi connectivity index (χ1) is 8.83. The molecule has 94 valence electrons. The molecule has 2 N–H and O–H groups in total. The van der Waals surface area contributed by atoms with Crippen LogP contribution in [0.1, 0.15) is 36.0 Å². The van der Waals surface area contributed by atoms with Crippen molar-refractivity contribution in [2.24, 2.45) is 0 Å². The largest absolute Gasteiger partial charge is 0.367 e. The van der Waals surface area contributed by atoms with Crippen molar-refractivity contribution in [3.63, 3.8) is 0 Å². The molecule has 1 saturated carbocycles. The van der Waals surface area contributed by atoms with Gasteiger partial charge in [0.2, 0.25) is 0 Å². The van der Waals surface area contributed by atoms with Gasteiger partial charge in [0.25, 0.3) is 0 Å². The number of allylic oxidation sites excluding steroid dienone is 1. The maximum atomic E-state index is 12.0. The predicted octanol–water partition coefficient (Wildman–Crippen LogP) is 2.21. The van der Waals surface area contributed by atoms with Crippen molar-refractivity contribution in [3.05, 3.63) is 47.8 Å². The lowest BCUT2D eigenvalue weighted by molar-refractivity contribution is 0.104. The van der Waals surface area contributed by atoms with Gasteiger partial charge in [-0.3, -0.25) is 4.79 Å². The summed E-state index contributed by atoms with van der Waals surface area (Å²) in [7, 11) is 0. The Morgan fingerprint density at radius 2 is 1.67 bits per heavy atom. The van der Waals surface area contributed by atoms with Crippen molar-refractivity contribution in [2.45, 2.75) is 37.8 Å². The third kappa shape index (κ3) is 2.26. The first-order valence-electron chi connectivity index (χ1n) is 6.67. The van der Waals surface area contributed by atoms with E-state index >= 15 is 0 Å². The zero-order valence-corrected chi connectivity index (χ0v) is 10.4. The van der Waals surface area contributed by atoms with Crippen molar-refractivity contribution >= 4 is 5.78 Å². The van der Waals surface area contributed by atoms with Gasteiger partial charge in [0.05, 0.1) is 0 Å². The third-order valence-corrected chi connectivity index (χ3v) is 3.78. The molecule has 2 fully saturated rings. The van der Waals surface area contributed by atoms with E-state index in [2.05, 4.69) is 10.6 Å². The Morgan fingerprint density at radius 3 is 2.28 bits per heavy atom. The molecule has 1 saturated heterocycles. The van der Waals surface area contributed by atoms with Crippen LogP contribution in [0.2, 0.25) is 0 Å². The number of benzene rings is 1. The monoisotopic (exact) mass is 242 g/mol. The summed E-state index contributed by atoms with van der Waals surface area (Å²) in [4.78, 5) is 12.0. The predicted molar refractivity (Wildman–Crippen MR) is 71.2 cm³/mol. The van der Waals surface area contributed by atoms with Gasteiger partial charge in [-0.1, -0.05) is 43.2 Å². The van der Waals surface area contributed by atoms with Gasteiger partial charge in [-0.05, 0) is 12.8 Å². The van der Waals surface area contributed by atoms with Gasteiger partial charge in [-0.25, -0.2) is 0 Å². The Morgan fingerprint density at radius 1 is 1.06 bits per heavy atom. The van der Waals surface area contributed by atoms with Gasteiger partial charge in [-0.15, -0.1) is 0 Å². The van der Waals surface area contributed by atoms with Crippen molar-refractivity contribution in [1.82, 2.24) is 10.6 Å². The highest BCUT2D eigenvalue weighted by Gasteiger charge is 2.31. The van der Waals surface area contributed by atoms with Crippen molar-refractivity contribution in [3.8, 4) is 0 Å². The quantitative estimate of drug-likeness (QED) is 0.617. The van der Waals surface area contributed by atoms with Crippen LogP contribution in [0.4, 0.5) is 0 Å². The Kier molecular flexibility index (Phi) is 3.05. The minimum atomic E-state index is 0.0595. The molecule has 3 heteroatoms. The standard InChI is InChI=1S/C15H18N2O/c18-14(11-6-2-1-3-7-11)10-15-16-12-8-4-5-9-13(12)17-15/h1-3,6-7,10,12-13,16-17H,4-5,8-9H2/t12-,13-/m1/s1. The Bertz CT molecular complexity index is 451. The number of ketones is 1. The summed E-state index contributed by atoms with van der Waals surface area (Å²) in [5, 5.41) is 6.85. The van der Waals surface area contributed by atoms with E-state index in [0.29, 0.717) is 12.1 Å². The molecular weight excluding hydrogens is 224 g/mol. The normalized spacial score (nSPS) is 25.9. The fourth-order valence-electron chi connectivity index (χ4n) is 2.82. The molecular formula is C15H18N2O.